The third kappa shape index (κ3) is 6.00. The Morgan fingerprint density at radius 2 is 2.00 bits per heavy atom. The van der Waals surface area contributed by atoms with Crippen LogP contribution in [0.25, 0.3) is 0 Å². The molecule has 5 heteroatoms. The van der Waals surface area contributed by atoms with E-state index >= 15 is 0 Å². The van der Waals surface area contributed by atoms with Gasteiger partial charge in [0.15, 0.2) is 0 Å². The number of methoxy groups -OCH3 is 1. The summed E-state index contributed by atoms with van der Waals surface area (Å²) in [7, 11) is 1.65. The van der Waals surface area contributed by atoms with E-state index in [-0.39, 0.29) is 0 Å². The highest BCUT2D eigenvalue weighted by Crippen LogP contribution is 2.20. The molecule has 0 aliphatic carbocycles. The number of hydrogen-bond acceptors (Lipinski definition) is 4. The highest BCUT2D eigenvalue weighted by Gasteiger charge is 2.06. The first-order chi connectivity index (χ1) is 9.15. The lowest BCUT2D eigenvalue weighted by atomic mass is 10.1. The standard InChI is InChI=1S/C14H21NO3S/c1-11-4-5-12(14(15)19)13(10-11)18-7-3-6-17-9-8-16-2/h4-5,10H,3,6-9H2,1-2H3,(H2,15,19). The summed E-state index contributed by atoms with van der Waals surface area (Å²) in [5, 5.41) is 0. The summed E-state index contributed by atoms with van der Waals surface area (Å²) in [4.78, 5) is 0.353. The van der Waals surface area contributed by atoms with E-state index in [2.05, 4.69) is 0 Å². The first kappa shape index (κ1) is 15.9. The SMILES string of the molecule is COCCOCCCOc1cc(C)ccc1C(N)=S. The lowest BCUT2D eigenvalue weighted by molar-refractivity contribution is 0.0644. The van der Waals surface area contributed by atoms with Crippen molar-refractivity contribution in [3.05, 3.63) is 29.3 Å². The Hall–Kier alpha value is -1.17. The minimum absolute atomic E-state index is 0.353. The largest absolute Gasteiger partial charge is 0.493 e. The fourth-order valence-electron chi connectivity index (χ4n) is 1.54. The van der Waals surface area contributed by atoms with Gasteiger partial charge in [-0.25, -0.2) is 0 Å². The number of rotatable bonds is 9. The summed E-state index contributed by atoms with van der Waals surface area (Å²) in [6.45, 7) is 4.46. The Morgan fingerprint density at radius 1 is 1.21 bits per heavy atom. The average molecular weight is 283 g/mol. The second kappa shape index (κ2) is 8.85. The lowest BCUT2D eigenvalue weighted by Crippen LogP contribution is -2.13. The van der Waals surface area contributed by atoms with Gasteiger partial charge in [-0.1, -0.05) is 18.3 Å². The minimum atomic E-state index is 0.353. The van der Waals surface area contributed by atoms with Gasteiger partial charge in [0.2, 0.25) is 0 Å². The maximum absolute atomic E-state index is 5.71. The number of nitrogens with two attached hydrogens (primary N) is 1. The number of benzene rings is 1. The van der Waals surface area contributed by atoms with Crippen molar-refractivity contribution in [2.45, 2.75) is 13.3 Å². The van der Waals surface area contributed by atoms with Crippen molar-refractivity contribution in [3.8, 4) is 5.75 Å². The minimum Gasteiger partial charge on any atom is -0.493 e. The summed E-state index contributed by atoms with van der Waals surface area (Å²) in [6, 6.07) is 5.80. The molecule has 106 valence electrons. The second-order valence-corrected chi connectivity index (χ2v) is 4.61. The molecule has 0 saturated heterocycles. The van der Waals surface area contributed by atoms with Gasteiger partial charge in [-0.3, -0.25) is 0 Å². The van der Waals surface area contributed by atoms with Gasteiger partial charge in [0.1, 0.15) is 10.7 Å². The van der Waals surface area contributed by atoms with Crippen LogP contribution in [0.4, 0.5) is 0 Å². The topological polar surface area (TPSA) is 53.7 Å². The van der Waals surface area contributed by atoms with E-state index in [0.29, 0.717) is 31.4 Å². The molecule has 0 saturated carbocycles. The van der Waals surface area contributed by atoms with E-state index in [0.717, 1.165) is 23.3 Å². The molecule has 1 rings (SSSR count). The van der Waals surface area contributed by atoms with Gasteiger partial charge in [0.05, 0.1) is 25.4 Å². The fourth-order valence-corrected chi connectivity index (χ4v) is 1.71. The van der Waals surface area contributed by atoms with Crippen molar-refractivity contribution in [3.63, 3.8) is 0 Å². The number of aryl methyl sites for hydroxylation is 1. The van der Waals surface area contributed by atoms with Crippen LogP contribution in [0, 0.1) is 6.92 Å². The highest BCUT2D eigenvalue weighted by atomic mass is 32.1. The zero-order valence-corrected chi connectivity index (χ0v) is 12.3. The molecule has 0 heterocycles. The Balaban J connectivity index is 2.36. The van der Waals surface area contributed by atoms with Crippen LogP contribution in [0.5, 0.6) is 5.75 Å². The summed E-state index contributed by atoms with van der Waals surface area (Å²) in [5.41, 5.74) is 7.56. The Kier molecular flexibility index (Phi) is 7.40. The van der Waals surface area contributed by atoms with E-state index in [1.54, 1.807) is 7.11 Å². The van der Waals surface area contributed by atoms with E-state index in [9.17, 15) is 0 Å². The molecule has 0 spiro atoms. The molecule has 1 aromatic rings. The molecule has 0 amide bonds. The maximum Gasteiger partial charge on any atom is 0.129 e. The summed E-state index contributed by atoms with van der Waals surface area (Å²) in [6.07, 6.45) is 0.814. The quantitative estimate of drug-likeness (QED) is 0.555. The van der Waals surface area contributed by atoms with Crippen molar-refractivity contribution in [2.24, 2.45) is 5.73 Å². The molecule has 0 atom stereocenters. The van der Waals surface area contributed by atoms with Crippen LogP contribution in [0.3, 0.4) is 0 Å². The van der Waals surface area contributed by atoms with Crippen LogP contribution in [0.2, 0.25) is 0 Å². The van der Waals surface area contributed by atoms with Gasteiger partial charge in [0.25, 0.3) is 0 Å². The fraction of sp³-hybridized carbons (Fsp3) is 0.500. The monoisotopic (exact) mass is 283 g/mol. The van der Waals surface area contributed by atoms with Crippen LogP contribution in [0.15, 0.2) is 18.2 Å². The molecule has 4 nitrogen and oxygen atoms in total. The van der Waals surface area contributed by atoms with Gasteiger partial charge in [-0.15, -0.1) is 0 Å². The predicted molar refractivity (Wildman–Crippen MR) is 79.9 cm³/mol. The molecule has 0 aliphatic rings. The molecule has 0 aromatic heterocycles. The lowest BCUT2D eigenvalue weighted by Gasteiger charge is -2.11. The van der Waals surface area contributed by atoms with E-state index in [4.69, 9.17) is 32.2 Å². The third-order valence-corrected chi connectivity index (χ3v) is 2.74. The Morgan fingerprint density at radius 3 is 2.68 bits per heavy atom. The smallest absolute Gasteiger partial charge is 0.129 e. The first-order valence-corrected chi connectivity index (χ1v) is 6.66. The molecule has 1 aromatic carbocycles. The number of hydrogen-bond donors (Lipinski definition) is 1. The van der Waals surface area contributed by atoms with Crippen molar-refractivity contribution < 1.29 is 14.2 Å². The Labute approximate surface area is 119 Å². The third-order valence-electron chi connectivity index (χ3n) is 2.52. The van der Waals surface area contributed by atoms with Crippen molar-refractivity contribution >= 4 is 17.2 Å². The normalized spacial score (nSPS) is 10.4. The summed E-state index contributed by atoms with van der Waals surface area (Å²) >= 11 is 5.00. The molecule has 0 aliphatic heterocycles. The van der Waals surface area contributed by atoms with E-state index < -0.39 is 0 Å². The van der Waals surface area contributed by atoms with Gasteiger partial charge in [-0.05, 0) is 24.6 Å². The molecule has 0 unspecified atom stereocenters. The molecular weight excluding hydrogens is 262 g/mol. The van der Waals surface area contributed by atoms with Gasteiger partial charge < -0.3 is 19.9 Å². The van der Waals surface area contributed by atoms with Gasteiger partial charge >= 0.3 is 0 Å². The summed E-state index contributed by atoms with van der Waals surface area (Å²) in [5.74, 6) is 0.740. The van der Waals surface area contributed by atoms with Crippen LogP contribution < -0.4 is 10.5 Å². The van der Waals surface area contributed by atoms with E-state index in [1.807, 2.05) is 25.1 Å². The van der Waals surface area contributed by atoms with Crippen molar-refractivity contribution in [2.75, 3.05) is 33.5 Å². The average Bonchev–Trinajstić information content (AvgIpc) is 2.37. The molecule has 0 fully saturated rings. The molecule has 0 bridgehead atoms. The first-order valence-electron chi connectivity index (χ1n) is 6.25. The summed E-state index contributed by atoms with van der Waals surface area (Å²) < 4.78 is 16.0. The maximum atomic E-state index is 5.71. The highest BCUT2D eigenvalue weighted by molar-refractivity contribution is 7.80. The van der Waals surface area contributed by atoms with E-state index in [1.165, 1.54) is 0 Å². The van der Waals surface area contributed by atoms with Crippen molar-refractivity contribution in [1.29, 1.82) is 0 Å². The Bertz CT molecular complexity index is 410. The zero-order valence-electron chi connectivity index (χ0n) is 11.5. The second-order valence-electron chi connectivity index (χ2n) is 4.17. The predicted octanol–water partition coefficient (Wildman–Crippen LogP) is 2.06. The van der Waals surface area contributed by atoms with Gasteiger partial charge in [-0.2, -0.15) is 0 Å². The molecule has 19 heavy (non-hydrogen) atoms. The zero-order chi connectivity index (χ0) is 14.1. The van der Waals surface area contributed by atoms with Crippen LogP contribution in [-0.2, 0) is 9.47 Å². The number of ether oxygens (including phenoxy) is 3. The number of thiocarbonyl (C=S) groups is 1. The van der Waals surface area contributed by atoms with Gasteiger partial charge in [0, 0.05) is 20.1 Å². The van der Waals surface area contributed by atoms with Crippen LogP contribution >= 0.6 is 12.2 Å². The molecule has 0 radical (unpaired) electrons. The molecular formula is C14H21NO3S. The van der Waals surface area contributed by atoms with Crippen LogP contribution in [-0.4, -0.2) is 38.5 Å². The molecule has 2 N–H and O–H groups in total. The van der Waals surface area contributed by atoms with Crippen LogP contribution in [0.1, 0.15) is 17.5 Å². The van der Waals surface area contributed by atoms with Crippen molar-refractivity contribution in [1.82, 2.24) is 0 Å².